The minimum atomic E-state index is 0.0117. The molecule has 20 heavy (non-hydrogen) atoms. The third-order valence-corrected chi connectivity index (χ3v) is 3.40. The van der Waals surface area contributed by atoms with Gasteiger partial charge in [0.15, 0.2) is 0 Å². The summed E-state index contributed by atoms with van der Waals surface area (Å²) in [5, 5.41) is 0. The minimum absolute atomic E-state index is 0.0117. The van der Waals surface area contributed by atoms with Crippen molar-refractivity contribution in [1.82, 2.24) is 14.9 Å². The molecule has 0 N–H and O–H groups in total. The average Bonchev–Trinajstić information content (AvgIpc) is 2.46. The highest BCUT2D eigenvalue weighted by Crippen LogP contribution is 2.14. The van der Waals surface area contributed by atoms with Crippen LogP contribution in [-0.2, 0) is 0 Å². The first-order valence-electron chi connectivity index (χ1n) is 6.71. The van der Waals surface area contributed by atoms with Gasteiger partial charge in [-0.25, -0.2) is 0 Å². The van der Waals surface area contributed by atoms with Gasteiger partial charge >= 0.3 is 0 Å². The fourth-order valence-electron chi connectivity index (χ4n) is 2.09. The highest BCUT2D eigenvalue weighted by molar-refractivity contribution is 6.17. The Balaban J connectivity index is 2.28. The van der Waals surface area contributed by atoms with Crippen LogP contribution >= 0.6 is 11.6 Å². The number of nitrogens with zero attached hydrogens (tertiary/aromatic N) is 3. The first-order valence-corrected chi connectivity index (χ1v) is 7.24. The number of amides is 1. The van der Waals surface area contributed by atoms with Crippen molar-refractivity contribution in [2.45, 2.75) is 26.3 Å². The molecule has 0 aliphatic rings. The van der Waals surface area contributed by atoms with E-state index in [2.05, 4.69) is 9.97 Å². The van der Waals surface area contributed by atoms with Crippen LogP contribution in [0.2, 0.25) is 0 Å². The Labute approximate surface area is 123 Å². The van der Waals surface area contributed by atoms with Crippen LogP contribution in [0.15, 0.2) is 30.6 Å². The molecule has 0 fully saturated rings. The molecule has 1 amide bonds. The van der Waals surface area contributed by atoms with E-state index in [1.807, 2.05) is 24.8 Å². The number of hydrogen-bond donors (Lipinski definition) is 0. The molecular formula is C15H18ClN3O. The lowest BCUT2D eigenvalue weighted by Gasteiger charge is -2.26. The zero-order chi connectivity index (χ0) is 14.5. The summed E-state index contributed by atoms with van der Waals surface area (Å²) in [5.41, 5.74) is 2.17. The number of benzene rings is 1. The van der Waals surface area contributed by atoms with Crippen molar-refractivity contribution in [2.24, 2.45) is 0 Å². The predicted molar refractivity (Wildman–Crippen MR) is 81.0 cm³/mol. The summed E-state index contributed by atoms with van der Waals surface area (Å²) in [6.07, 6.45) is 4.06. The third kappa shape index (κ3) is 3.25. The monoisotopic (exact) mass is 291 g/mol. The molecule has 0 aliphatic carbocycles. The van der Waals surface area contributed by atoms with Gasteiger partial charge in [-0.05, 0) is 38.5 Å². The number of fused-ring (bicyclic) bond motifs is 1. The predicted octanol–water partition coefficient (Wildman–Crippen LogP) is 3.11. The molecule has 1 aromatic heterocycles. The summed E-state index contributed by atoms with van der Waals surface area (Å²) >= 11 is 5.72. The lowest BCUT2D eigenvalue weighted by molar-refractivity contribution is 0.0706. The van der Waals surface area contributed by atoms with Gasteiger partial charge < -0.3 is 4.90 Å². The van der Waals surface area contributed by atoms with E-state index in [1.54, 1.807) is 24.5 Å². The van der Waals surface area contributed by atoms with E-state index in [4.69, 9.17) is 11.6 Å². The lowest BCUT2D eigenvalue weighted by Crippen LogP contribution is -2.37. The molecule has 106 valence electrons. The Bertz CT molecular complexity index is 600. The normalized spacial score (nSPS) is 11.0. The van der Waals surface area contributed by atoms with E-state index in [-0.39, 0.29) is 11.9 Å². The Morgan fingerprint density at radius 1 is 1.25 bits per heavy atom. The molecule has 0 radical (unpaired) electrons. The number of aromatic nitrogens is 2. The molecule has 0 atom stereocenters. The second-order valence-corrected chi connectivity index (χ2v) is 5.27. The molecule has 0 aliphatic heterocycles. The van der Waals surface area contributed by atoms with Crippen LogP contribution in [0.25, 0.3) is 11.0 Å². The van der Waals surface area contributed by atoms with Crippen molar-refractivity contribution in [3.63, 3.8) is 0 Å². The van der Waals surface area contributed by atoms with Crippen molar-refractivity contribution in [3.05, 3.63) is 36.2 Å². The molecule has 0 saturated carbocycles. The van der Waals surface area contributed by atoms with Crippen LogP contribution in [0.5, 0.6) is 0 Å². The lowest BCUT2D eigenvalue weighted by atomic mass is 10.1. The highest BCUT2D eigenvalue weighted by atomic mass is 35.5. The Morgan fingerprint density at radius 2 is 1.95 bits per heavy atom. The first kappa shape index (κ1) is 14.7. The molecule has 2 rings (SSSR count). The van der Waals surface area contributed by atoms with Crippen LogP contribution in [0.3, 0.4) is 0 Å². The molecule has 1 heterocycles. The van der Waals surface area contributed by atoms with Crippen molar-refractivity contribution in [2.75, 3.05) is 12.4 Å². The molecule has 0 spiro atoms. The van der Waals surface area contributed by atoms with Gasteiger partial charge in [-0.2, -0.15) is 0 Å². The largest absolute Gasteiger partial charge is 0.336 e. The Morgan fingerprint density at radius 3 is 2.60 bits per heavy atom. The van der Waals surface area contributed by atoms with E-state index in [9.17, 15) is 4.79 Å². The summed E-state index contributed by atoms with van der Waals surface area (Å²) in [4.78, 5) is 22.8. The molecular weight excluding hydrogens is 274 g/mol. The SMILES string of the molecule is CC(C)N(CCCCl)C(=O)c1ccc2nccnc2c1. The van der Waals surface area contributed by atoms with Crippen LogP contribution in [-0.4, -0.2) is 39.2 Å². The maximum Gasteiger partial charge on any atom is 0.254 e. The van der Waals surface area contributed by atoms with Crippen LogP contribution in [0.4, 0.5) is 0 Å². The molecule has 0 unspecified atom stereocenters. The molecule has 4 nitrogen and oxygen atoms in total. The molecule has 0 bridgehead atoms. The highest BCUT2D eigenvalue weighted by Gasteiger charge is 2.18. The summed E-state index contributed by atoms with van der Waals surface area (Å²) in [6, 6.07) is 5.56. The minimum Gasteiger partial charge on any atom is -0.336 e. The summed E-state index contributed by atoms with van der Waals surface area (Å²) in [7, 11) is 0. The number of halogens is 1. The van der Waals surface area contributed by atoms with Crippen LogP contribution in [0, 0.1) is 0 Å². The quantitative estimate of drug-likeness (QED) is 0.795. The summed E-state index contributed by atoms with van der Waals surface area (Å²) < 4.78 is 0. The van der Waals surface area contributed by atoms with Gasteiger partial charge in [0.1, 0.15) is 0 Å². The topological polar surface area (TPSA) is 46.1 Å². The molecule has 1 aromatic carbocycles. The van der Waals surface area contributed by atoms with E-state index < -0.39 is 0 Å². The third-order valence-electron chi connectivity index (χ3n) is 3.13. The first-order chi connectivity index (χ1) is 9.63. The van der Waals surface area contributed by atoms with E-state index in [1.165, 1.54) is 0 Å². The molecule has 5 heteroatoms. The van der Waals surface area contributed by atoms with E-state index in [0.717, 1.165) is 17.5 Å². The van der Waals surface area contributed by atoms with Gasteiger partial charge in [0.2, 0.25) is 0 Å². The van der Waals surface area contributed by atoms with Gasteiger partial charge in [0.05, 0.1) is 11.0 Å². The molecule has 2 aromatic rings. The Hall–Kier alpha value is -1.68. The second kappa shape index (κ2) is 6.66. The second-order valence-electron chi connectivity index (χ2n) is 4.89. The number of alkyl halides is 1. The number of hydrogen-bond acceptors (Lipinski definition) is 3. The van der Waals surface area contributed by atoms with Crippen molar-refractivity contribution >= 4 is 28.5 Å². The van der Waals surface area contributed by atoms with Crippen LogP contribution in [0.1, 0.15) is 30.6 Å². The van der Waals surface area contributed by atoms with Crippen LogP contribution < -0.4 is 0 Å². The standard InChI is InChI=1S/C15H18ClN3O/c1-11(2)19(9-3-6-16)15(20)12-4-5-13-14(10-12)18-8-7-17-13/h4-5,7-8,10-11H,3,6,9H2,1-2H3. The fourth-order valence-corrected chi connectivity index (χ4v) is 2.21. The van der Waals surface area contributed by atoms with Gasteiger partial charge in [0, 0.05) is 36.4 Å². The van der Waals surface area contributed by atoms with E-state index >= 15 is 0 Å². The van der Waals surface area contributed by atoms with Crippen molar-refractivity contribution in [3.8, 4) is 0 Å². The molecule has 0 saturated heterocycles. The van der Waals surface area contributed by atoms with Crippen molar-refractivity contribution < 1.29 is 4.79 Å². The zero-order valence-electron chi connectivity index (χ0n) is 11.7. The average molecular weight is 292 g/mol. The Kier molecular flexibility index (Phi) is 4.90. The maximum atomic E-state index is 12.6. The summed E-state index contributed by atoms with van der Waals surface area (Å²) in [5.74, 6) is 0.567. The van der Waals surface area contributed by atoms with E-state index in [0.29, 0.717) is 18.0 Å². The van der Waals surface area contributed by atoms with Crippen molar-refractivity contribution in [1.29, 1.82) is 0 Å². The number of carbonyl (C=O) groups excluding carboxylic acids is 1. The zero-order valence-corrected chi connectivity index (χ0v) is 12.5. The summed E-state index contributed by atoms with van der Waals surface area (Å²) in [6.45, 7) is 4.68. The maximum absolute atomic E-state index is 12.6. The smallest absolute Gasteiger partial charge is 0.254 e. The van der Waals surface area contributed by atoms with Gasteiger partial charge in [-0.15, -0.1) is 11.6 Å². The van der Waals surface area contributed by atoms with Gasteiger partial charge in [-0.3, -0.25) is 14.8 Å². The van der Waals surface area contributed by atoms with Gasteiger partial charge in [0.25, 0.3) is 5.91 Å². The fraction of sp³-hybridized carbons (Fsp3) is 0.400. The van der Waals surface area contributed by atoms with Gasteiger partial charge in [-0.1, -0.05) is 0 Å². The number of carbonyl (C=O) groups is 1. The number of rotatable bonds is 5.